The minimum atomic E-state index is 0.389. The first kappa shape index (κ1) is 10.2. The molecule has 0 bridgehead atoms. The van der Waals surface area contributed by atoms with Gasteiger partial charge in [0.15, 0.2) is 0 Å². The summed E-state index contributed by atoms with van der Waals surface area (Å²) in [6.07, 6.45) is 1.73. The number of rotatable bonds is 2. The number of fused-ring (bicyclic) bond motifs is 1. The first-order valence-electron chi connectivity index (χ1n) is 5.20. The highest BCUT2D eigenvalue weighted by molar-refractivity contribution is 6.16. The van der Waals surface area contributed by atoms with Crippen LogP contribution in [0.25, 0.3) is 16.7 Å². The summed E-state index contributed by atoms with van der Waals surface area (Å²) in [5.74, 6) is 0.389. The quantitative estimate of drug-likeness (QED) is 0.651. The van der Waals surface area contributed by atoms with Gasteiger partial charge in [0.25, 0.3) is 0 Å². The SMILES string of the molecule is ClCc1cc(-n2nnc3ccccc32)ccn1. The highest BCUT2D eigenvalue weighted by Crippen LogP contribution is 2.16. The van der Waals surface area contributed by atoms with E-state index in [2.05, 4.69) is 15.3 Å². The number of pyridine rings is 1. The lowest BCUT2D eigenvalue weighted by Gasteiger charge is -2.02. The Morgan fingerprint density at radius 2 is 2.06 bits per heavy atom. The van der Waals surface area contributed by atoms with Gasteiger partial charge >= 0.3 is 0 Å². The summed E-state index contributed by atoms with van der Waals surface area (Å²) < 4.78 is 1.78. The van der Waals surface area contributed by atoms with Gasteiger partial charge in [-0.15, -0.1) is 16.7 Å². The summed E-state index contributed by atoms with van der Waals surface area (Å²) in [5.41, 5.74) is 3.59. The fourth-order valence-electron chi connectivity index (χ4n) is 1.73. The zero-order valence-electron chi connectivity index (χ0n) is 8.92. The van der Waals surface area contributed by atoms with Crippen LogP contribution in [0.3, 0.4) is 0 Å². The van der Waals surface area contributed by atoms with Gasteiger partial charge in [-0.2, -0.15) is 0 Å². The van der Waals surface area contributed by atoms with Gasteiger partial charge in [0.05, 0.1) is 22.8 Å². The predicted molar refractivity (Wildman–Crippen MR) is 66.2 cm³/mol. The van der Waals surface area contributed by atoms with Crippen LogP contribution in [0.2, 0.25) is 0 Å². The van der Waals surface area contributed by atoms with Crippen molar-refractivity contribution in [3.05, 3.63) is 48.3 Å². The summed E-state index contributed by atoms with van der Waals surface area (Å²) in [6.45, 7) is 0. The Labute approximate surface area is 103 Å². The van der Waals surface area contributed by atoms with Crippen LogP contribution in [0, 0.1) is 0 Å². The van der Waals surface area contributed by atoms with Gasteiger partial charge in [-0.25, -0.2) is 4.68 Å². The fourth-order valence-corrected chi connectivity index (χ4v) is 1.88. The van der Waals surface area contributed by atoms with E-state index in [4.69, 9.17) is 11.6 Å². The smallest absolute Gasteiger partial charge is 0.113 e. The lowest BCUT2D eigenvalue weighted by Crippen LogP contribution is -1.98. The summed E-state index contributed by atoms with van der Waals surface area (Å²) in [7, 11) is 0. The number of hydrogen-bond acceptors (Lipinski definition) is 3. The molecule has 2 heterocycles. The summed E-state index contributed by atoms with van der Waals surface area (Å²) in [4.78, 5) is 4.15. The Morgan fingerprint density at radius 3 is 2.94 bits per heavy atom. The van der Waals surface area contributed by atoms with Crippen molar-refractivity contribution in [3.8, 4) is 5.69 Å². The third-order valence-electron chi connectivity index (χ3n) is 2.53. The topological polar surface area (TPSA) is 43.6 Å². The van der Waals surface area contributed by atoms with Gasteiger partial charge in [-0.1, -0.05) is 17.3 Å². The Balaban J connectivity index is 2.20. The third-order valence-corrected chi connectivity index (χ3v) is 2.81. The molecule has 0 atom stereocenters. The van der Waals surface area contributed by atoms with Crippen LogP contribution in [0.5, 0.6) is 0 Å². The van der Waals surface area contributed by atoms with Gasteiger partial charge in [-0.3, -0.25) is 4.98 Å². The van der Waals surface area contributed by atoms with Crippen LogP contribution >= 0.6 is 11.6 Å². The summed E-state index contributed by atoms with van der Waals surface area (Å²) in [6, 6.07) is 11.6. The Kier molecular flexibility index (Phi) is 2.49. The normalized spacial score (nSPS) is 10.9. The van der Waals surface area contributed by atoms with Gasteiger partial charge < -0.3 is 0 Å². The number of benzene rings is 1. The molecular formula is C12H9ClN4. The summed E-state index contributed by atoms with van der Waals surface area (Å²) in [5, 5.41) is 8.25. The molecule has 3 aromatic rings. The second-order valence-corrected chi connectivity index (χ2v) is 3.90. The highest BCUT2D eigenvalue weighted by Gasteiger charge is 2.06. The van der Waals surface area contributed by atoms with Crippen molar-refractivity contribution in [2.75, 3.05) is 0 Å². The van der Waals surface area contributed by atoms with Crippen LogP contribution in [0.4, 0.5) is 0 Å². The van der Waals surface area contributed by atoms with Crippen molar-refractivity contribution >= 4 is 22.6 Å². The van der Waals surface area contributed by atoms with E-state index in [9.17, 15) is 0 Å². The van der Waals surface area contributed by atoms with Crippen LogP contribution < -0.4 is 0 Å². The van der Waals surface area contributed by atoms with E-state index >= 15 is 0 Å². The second-order valence-electron chi connectivity index (χ2n) is 3.63. The standard InChI is InChI=1S/C12H9ClN4/c13-8-9-7-10(5-6-14-9)17-12-4-2-1-3-11(12)15-16-17/h1-7H,8H2. The maximum absolute atomic E-state index is 5.77. The van der Waals surface area contributed by atoms with Crippen LogP contribution in [0.15, 0.2) is 42.6 Å². The van der Waals surface area contributed by atoms with E-state index in [1.807, 2.05) is 36.4 Å². The van der Waals surface area contributed by atoms with E-state index in [-0.39, 0.29) is 0 Å². The molecule has 84 valence electrons. The molecule has 0 saturated carbocycles. The predicted octanol–water partition coefficient (Wildman–Crippen LogP) is 2.55. The molecule has 0 unspecified atom stereocenters. The van der Waals surface area contributed by atoms with Crippen molar-refractivity contribution in [1.29, 1.82) is 0 Å². The highest BCUT2D eigenvalue weighted by atomic mass is 35.5. The fraction of sp³-hybridized carbons (Fsp3) is 0.0833. The number of aromatic nitrogens is 4. The maximum Gasteiger partial charge on any atom is 0.113 e. The first-order chi connectivity index (χ1) is 8.38. The molecule has 3 rings (SSSR count). The largest absolute Gasteiger partial charge is 0.260 e. The van der Waals surface area contributed by atoms with Crippen molar-refractivity contribution in [1.82, 2.24) is 20.0 Å². The average molecular weight is 245 g/mol. The lowest BCUT2D eigenvalue weighted by atomic mass is 10.3. The summed E-state index contributed by atoms with van der Waals surface area (Å²) >= 11 is 5.77. The van der Waals surface area contributed by atoms with Crippen molar-refractivity contribution in [3.63, 3.8) is 0 Å². The molecule has 0 aliphatic carbocycles. The van der Waals surface area contributed by atoms with Crippen molar-refractivity contribution < 1.29 is 0 Å². The number of alkyl halides is 1. The maximum atomic E-state index is 5.77. The number of nitrogens with zero attached hydrogens (tertiary/aromatic N) is 4. The molecule has 0 aliphatic heterocycles. The average Bonchev–Trinajstić information content (AvgIpc) is 2.82. The van der Waals surface area contributed by atoms with Crippen LogP contribution in [0.1, 0.15) is 5.69 Å². The number of hydrogen-bond donors (Lipinski definition) is 0. The molecule has 0 amide bonds. The zero-order chi connectivity index (χ0) is 11.7. The lowest BCUT2D eigenvalue weighted by molar-refractivity contribution is 0.820. The van der Waals surface area contributed by atoms with E-state index < -0.39 is 0 Å². The molecule has 4 nitrogen and oxygen atoms in total. The second kappa shape index (κ2) is 4.14. The van der Waals surface area contributed by atoms with E-state index in [0.717, 1.165) is 22.4 Å². The molecule has 2 aromatic heterocycles. The molecule has 0 N–H and O–H groups in total. The van der Waals surface area contributed by atoms with Crippen LogP contribution in [-0.4, -0.2) is 20.0 Å². The van der Waals surface area contributed by atoms with E-state index in [1.165, 1.54) is 0 Å². The van der Waals surface area contributed by atoms with Crippen molar-refractivity contribution in [2.24, 2.45) is 0 Å². The molecule has 0 radical (unpaired) electrons. The monoisotopic (exact) mass is 244 g/mol. The zero-order valence-corrected chi connectivity index (χ0v) is 9.67. The van der Waals surface area contributed by atoms with Gasteiger partial charge in [-0.05, 0) is 24.3 Å². The number of halogens is 1. The molecule has 1 aromatic carbocycles. The number of para-hydroxylation sites is 1. The van der Waals surface area contributed by atoms with Gasteiger partial charge in [0.2, 0.25) is 0 Å². The molecular weight excluding hydrogens is 236 g/mol. The Morgan fingerprint density at radius 1 is 1.18 bits per heavy atom. The molecule has 17 heavy (non-hydrogen) atoms. The molecule has 0 spiro atoms. The Bertz CT molecular complexity index is 662. The molecule has 5 heteroatoms. The molecule has 0 fully saturated rings. The Hall–Kier alpha value is -1.94. The first-order valence-corrected chi connectivity index (χ1v) is 5.73. The van der Waals surface area contributed by atoms with E-state index in [1.54, 1.807) is 10.9 Å². The molecule has 0 aliphatic rings. The van der Waals surface area contributed by atoms with Crippen LogP contribution in [-0.2, 0) is 5.88 Å². The third kappa shape index (κ3) is 1.76. The minimum Gasteiger partial charge on any atom is -0.260 e. The minimum absolute atomic E-state index is 0.389. The van der Waals surface area contributed by atoms with E-state index in [0.29, 0.717) is 5.88 Å². The van der Waals surface area contributed by atoms with Crippen molar-refractivity contribution in [2.45, 2.75) is 5.88 Å². The van der Waals surface area contributed by atoms with Gasteiger partial charge in [0.1, 0.15) is 5.52 Å². The molecule has 0 saturated heterocycles. The van der Waals surface area contributed by atoms with Gasteiger partial charge in [0, 0.05) is 6.20 Å².